The molecule has 100 valence electrons. The lowest BCUT2D eigenvalue weighted by molar-refractivity contribution is 0.350. The molecule has 0 saturated heterocycles. The van der Waals surface area contributed by atoms with Crippen LogP contribution in [0.1, 0.15) is 37.4 Å². The second kappa shape index (κ2) is 5.61. The molecule has 0 amide bonds. The zero-order chi connectivity index (χ0) is 13.1. The van der Waals surface area contributed by atoms with Crippen molar-refractivity contribution in [3.05, 3.63) is 23.3 Å². The van der Waals surface area contributed by atoms with Gasteiger partial charge in [0.2, 0.25) is 0 Å². The van der Waals surface area contributed by atoms with Gasteiger partial charge in [-0.3, -0.25) is 0 Å². The molecule has 0 bridgehead atoms. The van der Waals surface area contributed by atoms with E-state index in [9.17, 15) is 0 Å². The Bertz CT molecular complexity index is 415. The number of rotatable bonds is 4. The molecule has 1 aromatic carbocycles. The molecule has 2 rings (SSSR count). The summed E-state index contributed by atoms with van der Waals surface area (Å²) in [6, 6.07) is 4.70. The number of fused-ring (bicyclic) bond motifs is 1. The molecule has 1 heterocycles. The topological polar surface area (TPSA) is 30.5 Å². The van der Waals surface area contributed by atoms with Crippen LogP contribution in [-0.4, -0.2) is 20.8 Å². The number of hydrogen-bond donors (Lipinski definition) is 1. The van der Waals surface area contributed by atoms with Crippen molar-refractivity contribution in [3.8, 4) is 11.5 Å². The van der Waals surface area contributed by atoms with Crippen molar-refractivity contribution in [2.24, 2.45) is 5.92 Å². The van der Waals surface area contributed by atoms with Gasteiger partial charge < -0.3 is 14.8 Å². The average Bonchev–Trinajstić information content (AvgIpc) is 2.37. The summed E-state index contributed by atoms with van der Waals surface area (Å²) in [7, 11) is 3.38. The predicted molar refractivity (Wildman–Crippen MR) is 73.4 cm³/mol. The number of benzene rings is 1. The van der Waals surface area contributed by atoms with E-state index in [2.05, 4.69) is 31.3 Å². The smallest absolute Gasteiger partial charge is 0.161 e. The Kier molecular flexibility index (Phi) is 4.12. The molecule has 0 fully saturated rings. The fourth-order valence-corrected chi connectivity index (χ4v) is 2.65. The van der Waals surface area contributed by atoms with Crippen LogP contribution in [0, 0.1) is 5.92 Å². The summed E-state index contributed by atoms with van der Waals surface area (Å²) in [5.41, 5.74) is 2.75. The van der Waals surface area contributed by atoms with Crippen LogP contribution in [0.4, 0.5) is 0 Å². The number of nitrogens with one attached hydrogen (secondary N) is 1. The Morgan fingerprint density at radius 2 is 1.89 bits per heavy atom. The van der Waals surface area contributed by atoms with Crippen LogP contribution in [0.3, 0.4) is 0 Å². The Balaban J connectivity index is 2.37. The van der Waals surface area contributed by atoms with Crippen molar-refractivity contribution in [1.82, 2.24) is 5.32 Å². The molecular weight excluding hydrogens is 226 g/mol. The maximum Gasteiger partial charge on any atom is 0.161 e. The molecule has 0 aromatic heterocycles. The summed E-state index contributed by atoms with van der Waals surface area (Å²) < 4.78 is 10.8. The zero-order valence-corrected chi connectivity index (χ0v) is 11.7. The minimum Gasteiger partial charge on any atom is -0.493 e. The van der Waals surface area contributed by atoms with E-state index in [1.807, 2.05) is 0 Å². The summed E-state index contributed by atoms with van der Waals surface area (Å²) in [6.45, 7) is 5.56. The van der Waals surface area contributed by atoms with Crippen molar-refractivity contribution >= 4 is 0 Å². The van der Waals surface area contributed by atoms with Crippen LogP contribution in [0.25, 0.3) is 0 Å². The molecule has 1 atom stereocenters. The minimum atomic E-state index is 0.438. The van der Waals surface area contributed by atoms with Gasteiger partial charge in [-0.25, -0.2) is 0 Å². The van der Waals surface area contributed by atoms with Gasteiger partial charge in [-0.2, -0.15) is 0 Å². The summed E-state index contributed by atoms with van der Waals surface area (Å²) in [4.78, 5) is 0. The highest BCUT2D eigenvalue weighted by Gasteiger charge is 2.22. The van der Waals surface area contributed by atoms with Crippen LogP contribution in [0.2, 0.25) is 0 Å². The van der Waals surface area contributed by atoms with Crippen molar-refractivity contribution in [3.63, 3.8) is 0 Å². The number of methoxy groups -OCH3 is 2. The van der Waals surface area contributed by atoms with E-state index < -0.39 is 0 Å². The molecule has 0 saturated carbocycles. The Morgan fingerprint density at radius 3 is 2.50 bits per heavy atom. The van der Waals surface area contributed by atoms with Gasteiger partial charge >= 0.3 is 0 Å². The molecule has 1 aliphatic heterocycles. The normalized spacial score (nSPS) is 18.6. The van der Waals surface area contributed by atoms with Crippen molar-refractivity contribution in [2.75, 3.05) is 20.8 Å². The van der Waals surface area contributed by atoms with E-state index in [0.29, 0.717) is 12.0 Å². The van der Waals surface area contributed by atoms with Gasteiger partial charge in [-0.05, 0) is 48.6 Å². The molecule has 3 nitrogen and oxygen atoms in total. The average molecular weight is 249 g/mol. The van der Waals surface area contributed by atoms with Crippen LogP contribution in [0.15, 0.2) is 12.1 Å². The summed E-state index contributed by atoms with van der Waals surface area (Å²) in [5.74, 6) is 2.34. The molecule has 0 unspecified atom stereocenters. The van der Waals surface area contributed by atoms with Crippen molar-refractivity contribution < 1.29 is 9.47 Å². The maximum atomic E-state index is 5.40. The molecule has 0 radical (unpaired) electrons. The second-order valence-electron chi connectivity index (χ2n) is 5.29. The number of hydrogen-bond acceptors (Lipinski definition) is 3. The van der Waals surface area contributed by atoms with E-state index in [1.54, 1.807) is 14.2 Å². The standard InChI is InChI=1S/C15H23NO2/c1-10(2)7-13-12-9-15(18-4)14(17-3)8-11(12)5-6-16-13/h8-10,13,16H,5-7H2,1-4H3/t13-/m0/s1. The Morgan fingerprint density at radius 1 is 1.22 bits per heavy atom. The largest absolute Gasteiger partial charge is 0.493 e. The molecule has 3 heteroatoms. The van der Waals surface area contributed by atoms with E-state index in [1.165, 1.54) is 11.1 Å². The van der Waals surface area contributed by atoms with Crippen LogP contribution >= 0.6 is 0 Å². The van der Waals surface area contributed by atoms with Gasteiger partial charge in [0.15, 0.2) is 11.5 Å². The lowest BCUT2D eigenvalue weighted by Gasteiger charge is -2.29. The highest BCUT2D eigenvalue weighted by Crippen LogP contribution is 2.36. The lowest BCUT2D eigenvalue weighted by atomic mass is 9.89. The monoisotopic (exact) mass is 249 g/mol. The summed E-state index contributed by atoms with van der Waals surface area (Å²) in [6.07, 6.45) is 2.22. The molecule has 1 aromatic rings. The van der Waals surface area contributed by atoms with Gasteiger partial charge in [0.1, 0.15) is 0 Å². The van der Waals surface area contributed by atoms with E-state index in [4.69, 9.17) is 9.47 Å². The fourth-order valence-electron chi connectivity index (χ4n) is 2.65. The Labute approximate surface area is 109 Å². The SMILES string of the molecule is COc1cc2c(cc1OC)[C@H](CC(C)C)NCC2. The quantitative estimate of drug-likeness (QED) is 0.890. The minimum absolute atomic E-state index is 0.438. The lowest BCUT2D eigenvalue weighted by Crippen LogP contribution is -2.30. The molecule has 18 heavy (non-hydrogen) atoms. The predicted octanol–water partition coefficient (Wildman–Crippen LogP) is 2.94. The second-order valence-corrected chi connectivity index (χ2v) is 5.29. The van der Waals surface area contributed by atoms with E-state index >= 15 is 0 Å². The van der Waals surface area contributed by atoms with E-state index in [-0.39, 0.29) is 0 Å². The maximum absolute atomic E-state index is 5.40. The third kappa shape index (κ3) is 2.61. The van der Waals surface area contributed by atoms with Gasteiger partial charge in [0.05, 0.1) is 14.2 Å². The molecule has 0 aliphatic carbocycles. The van der Waals surface area contributed by atoms with Crippen molar-refractivity contribution in [2.45, 2.75) is 32.7 Å². The van der Waals surface area contributed by atoms with Crippen molar-refractivity contribution in [1.29, 1.82) is 0 Å². The molecule has 0 spiro atoms. The molecule has 1 N–H and O–H groups in total. The van der Waals surface area contributed by atoms with Crippen LogP contribution < -0.4 is 14.8 Å². The van der Waals surface area contributed by atoms with Gasteiger partial charge in [0.25, 0.3) is 0 Å². The molecular formula is C15H23NO2. The highest BCUT2D eigenvalue weighted by atomic mass is 16.5. The summed E-state index contributed by atoms with van der Waals surface area (Å²) in [5, 5.41) is 3.60. The van der Waals surface area contributed by atoms with Gasteiger partial charge in [-0.1, -0.05) is 13.8 Å². The third-order valence-electron chi connectivity index (χ3n) is 3.51. The first-order chi connectivity index (χ1) is 8.65. The van der Waals surface area contributed by atoms with Crippen LogP contribution in [0.5, 0.6) is 11.5 Å². The first-order valence-corrected chi connectivity index (χ1v) is 6.64. The summed E-state index contributed by atoms with van der Waals surface area (Å²) >= 11 is 0. The first kappa shape index (κ1) is 13.2. The molecule has 1 aliphatic rings. The van der Waals surface area contributed by atoms with E-state index in [0.717, 1.165) is 30.9 Å². The number of ether oxygens (including phenoxy) is 2. The fraction of sp³-hybridized carbons (Fsp3) is 0.600. The third-order valence-corrected chi connectivity index (χ3v) is 3.51. The van der Waals surface area contributed by atoms with Crippen LogP contribution in [-0.2, 0) is 6.42 Å². The highest BCUT2D eigenvalue weighted by molar-refractivity contribution is 5.49. The van der Waals surface area contributed by atoms with Gasteiger partial charge in [0, 0.05) is 6.04 Å². The Hall–Kier alpha value is -1.22. The zero-order valence-electron chi connectivity index (χ0n) is 11.7. The van der Waals surface area contributed by atoms with Gasteiger partial charge in [-0.15, -0.1) is 0 Å². The first-order valence-electron chi connectivity index (χ1n) is 6.64.